The van der Waals surface area contributed by atoms with Crippen LogP contribution >= 0.6 is 11.6 Å². The first kappa shape index (κ1) is 17.1. The average molecular weight is 380 g/mol. The quantitative estimate of drug-likeness (QED) is 0.562. The molecule has 6 nitrogen and oxygen atoms in total. The summed E-state index contributed by atoms with van der Waals surface area (Å²) < 4.78 is 1.42. The number of carbonyl (C=O) groups is 1. The molecule has 2 heterocycles. The Morgan fingerprint density at radius 1 is 1.19 bits per heavy atom. The van der Waals surface area contributed by atoms with E-state index in [1.807, 2.05) is 6.92 Å². The molecule has 27 heavy (non-hydrogen) atoms. The maximum absolute atomic E-state index is 12.8. The highest BCUT2D eigenvalue weighted by atomic mass is 35.5. The minimum absolute atomic E-state index is 0.170. The van der Waals surface area contributed by atoms with E-state index in [1.165, 1.54) is 16.9 Å². The van der Waals surface area contributed by atoms with Crippen LogP contribution in [0.5, 0.6) is 0 Å². The van der Waals surface area contributed by atoms with Crippen LogP contribution < -0.4 is 5.56 Å². The molecule has 0 amide bonds. The molecule has 2 aromatic carbocycles. The number of halogens is 1. The van der Waals surface area contributed by atoms with Gasteiger partial charge in [-0.3, -0.25) is 14.9 Å². The Morgan fingerprint density at radius 3 is 2.63 bits per heavy atom. The fourth-order valence-corrected chi connectivity index (χ4v) is 3.23. The zero-order valence-electron chi connectivity index (χ0n) is 14.2. The van der Waals surface area contributed by atoms with E-state index >= 15 is 0 Å². The molecule has 4 aromatic rings. The Hall–Kier alpha value is -3.38. The number of fused-ring (bicyclic) bond motifs is 1. The molecule has 0 aliphatic rings. The van der Waals surface area contributed by atoms with Gasteiger partial charge >= 0.3 is 5.97 Å². The summed E-state index contributed by atoms with van der Waals surface area (Å²) in [6.07, 6.45) is 1.53. The van der Waals surface area contributed by atoms with Gasteiger partial charge in [-0.25, -0.2) is 9.48 Å². The van der Waals surface area contributed by atoms with Crippen molar-refractivity contribution in [1.82, 2.24) is 14.8 Å². The lowest BCUT2D eigenvalue weighted by Gasteiger charge is -2.08. The van der Waals surface area contributed by atoms with Gasteiger partial charge in [-0.15, -0.1) is 0 Å². The molecule has 0 saturated carbocycles. The molecule has 0 bridgehead atoms. The number of aromatic carboxylic acids is 1. The summed E-state index contributed by atoms with van der Waals surface area (Å²) in [7, 11) is 0. The second-order valence-corrected chi connectivity index (χ2v) is 6.56. The van der Waals surface area contributed by atoms with E-state index in [-0.39, 0.29) is 11.1 Å². The molecule has 0 fully saturated rings. The predicted octanol–water partition coefficient (Wildman–Crippen LogP) is 4.04. The first-order chi connectivity index (χ1) is 13.0. The Morgan fingerprint density at radius 2 is 1.93 bits per heavy atom. The summed E-state index contributed by atoms with van der Waals surface area (Å²) in [4.78, 5) is 28.5. The molecule has 2 N–H and O–H groups in total. The van der Waals surface area contributed by atoms with Crippen molar-refractivity contribution in [1.29, 1.82) is 0 Å². The lowest BCUT2D eigenvalue weighted by Crippen LogP contribution is -2.14. The topological polar surface area (TPSA) is 88.0 Å². The largest absolute Gasteiger partial charge is 0.478 e. The zero-order chi connectivity index (χ0) is 19.1. The van der Waals surface area contributed by atoms with Crippen molar-refractivity contribution < 1.29 is 9.90 Å². The summed E-state index contributed by atoms with van der Waals surface area (Å²) in [5.41, 5.74) is 3.23. The number of aryl methyl sites for hydroxylation is 1. The number of aromatic nitrogens is 3. The second-order valence-electron chi connectivity index (χ2n) is 6.12. The minimum Gasteiger partial charge on any atom is -0.478 e. The lowest BCUT2D eigenvalue weighted by molar-refractivity contribution is 0.0697. The number of aromatic amines is 1. The second kappa shape index (κ2) is 6.41. The number of hydrogen-bond donors (Lipinski definition) is 2. The Kier molecular flexibility index (Phi) is 4.05. The van der Waals surface area contributed by atoms with Crippen molar-refractivity contribution in [3.05, 3.63) is 81.4 Å². The van der Waals surface area contributed by atoms with Gasteiger partial charge in [0.05, 0.1) is 22.2 Å². The van der Waals surface area contributed by atoms with Gasteiger partial charge in [0.2, 0.25) is 0 Å². The molecule has 7 heteroatoms. The van der Waals surface area contributed by atoms with E-state index in [0.29, 0.717) is 38.4 Å². The van der Waals surface area contributed by atoms with Gasteiger partial charge in [0.15, 0.2) is 0 Å². The first-order valence-corrected chi connectivity index (χ1v) is 8.53. The number of H-pyrrole nitrogens is 1. The van der Waals surface area contributed by atoms with Crippen LogP contribution in [0.15, 0.2) is 59.5 Å². The third kappa shape index (κ3) is 2.90. The van der Waals surface area contributed by atoms with Gasteiger partial charge in [0, 0.05) is 22.5 Å². The van der Waals surface area contributed by atoms with Crippen molar-refractivity contribution >= 4 is 28.5 Å². The maximum atomic E-state index is 12.8. The number of nitrogens with one attached hydrogen (secondary N) is 1. The van der Waals surface area contributed by atoms with Crippen LogP contribution in [0.2, 0.25) is 5.02 Å². The summed E-state index contributed by atoms with van der Waals surface area (Å²) in [5.74, 6) is -1.01. The van der Waals surface area contributed by atoms with Gasteiger partial charge in [-0.05, 0) is 48.9 Å². The number of pyridine rings is 1. The van der Waals surface area contributed by atoms with Gasteiger partial charge in [-0.2, -0.15) is 0 Å². The van der Waals surface area contributed by atoms with E-state index in [0.717, 1.165) is 0 Å². The zero-order valence-corrected chi connectivity index (χ0v) is 15.0. The molecule has 0 unspecified atom stereocenters. The van der Waals surface area contributed by atoms with Crippen LogP contribution in [-0.2, 0) is 0 Å². The van der Waals surface area contributed by atoms with E-state index in [4.69, 9.17) is 11.6 Å². The monoisotopic (exact) mass is 379 g/mol. The predicted molar refractivity (Wildman–Crippen MR) is 104 cm³/mol. The molecule has 0 aliphatic heterocycles. The van der Waals surface area contributed by atoms with Crippen molar-refractivity contribution in [2.75, 3.05) is 0 Å². The number of benzene rings is 2. The van der Waals surface area contributed by atoms with Gasteiger partial charge in [0.1, 0.15) is 0 Å². The average Bonchev–Trinajstić information content (AvgIpc) is 2.99. The molecule has 134 valence electrons. The molecule has 4 rings (SSSR count). The highest BCUT2D eigenvalue weighted by Gasteiger charge is 2.17. The summed E-state index contributed by atoms with van der Waals surface area (Å²) in [6.45, 7) is 1.82. The van der Waals surface area contributed by atoms with E-state index in [1.54, 1.807) is 42.5 Å². The normalized spacial score (nSPS) is 11.0. The van der Waals surface area contributed by atoms with Crippen LogP contribution in [0.3, 0.4) is 0 Å². The highest BCUT2D eigenvalue weighted by molar-refractivity contribution is 6.30. The van der Waals surface area contributed by atoms with Crippen molar-refractivity contribution in [2.24, 2.45) is 0 Å². The number of hydrogen-bond acceptors (Lipinski definition) is 3. The lowest BCUT2D eigenvalue weighted by atomic mass is 10.0. The number of nitrogens with zero attached hydrogens (tertiary/aromatic N) is 2. The molecule has 0 atom stereocenters. The van der Waals surface area contributed by atoms with Crippen LogP contribution in [0.1, 0.15) is 16.1 Å². The standard InChI is InChI=1S/C20H14ClN3O3/c1-11-17(12-3-2-4-13(9-12)20(26)27)18-16(10-22-11)19(25)24(23-18)15-7-5-14(21)6-8-15/h2-10,23H,1H3,(H,26,27). The molecular formula is C20H14ClN3O3. The van der Waals surface area contributed by atoms with Crippen molar-refractivity contribution in [2.45, 2.75) is 6.92 Å². The SMILES string of the molecule is Cc1ncc2c(=O)n(-c3ccc(Cl)cc3)[nH]c2c1-c1cccc(C(=O)O)c1. The maximum Gasteiger partial charge on any atom is 0.335 e. The smallest absolute Gasteiger partial charge is 0.335 e. The molecule has 0 saturated heterocycles. The fourth-order valence-electron chi connectivity index (χ4n) is 3.10. The van der Waals surface area contributed by atoms with Gasteiger partial charge < -0.3 is 5.11 Å². The third-order valence-corrected chi connectivity index (χ3v) is 4.66. The molecule has 0 radical (unpaired) electrons. The van der Waals surface area contributed by atoms with E-state index in [2.05, 4.69) is 10.1 Å². The Bertz CT molecular complexity index is 1240. The number of carboxylic acids is 1. The number of carboxylic acid groups (broad SMARTS) is 1. The molecule has 0 aliphatic carbocycles. The van der Waals surface area contributed by atoms with Crippen LogP contribution in [-0.4, -0.2) is 25.8 Å². The summed E-state index contributed by atoms with van der Waals surface area (Å²) in [6, 6.07) is 13.5. The van der Waals surface area contributed by atoms with Crippen molar-refractivity contribution in [3.8, 4) is 16.8 Å². The van der Waals surface area contributed by atoms with E-state index in [9.17, 15) is 14.7 Å². The Labute approximate surface area is 158 Å². The van der Waals surface area contributed by atoms with Gasteiger partial charge in [-0.1, -0.05) is 23.7 Å². The third-order valence-electron chi connectivity index (χ3n) is 4.41. The van der Waals surface area contributed by atoms with Crippen LogP contribution in [0, 0.1) is 6.92 Å². The summed E-state index contributed by atoms with van der Waals surface area (Å²) >= 11 is 5.93. The van der Waals surface area contributed by atoms with Crippen molar-refractivity contribution in [3.63, 3.8) is 0 Å². The molecule has 0 spiro atoms. The molecule has 2 aromatic heterocycles. The number of rotatable bonds is 3. The Balaban J connectivity index is 1.99. The van der Waals surface area contributed by atoms with E-state index < -0.39 is 5.97 Å². The molecular weight excluding hydrogens is 366 g/mol. The fraction of sp³-hybridized carbons (Fsp3) is 0.0500. The summed E-state index contributed by atoms with van der Waals surface area (Å²) in [5, 5.41) is 13.4. The van der Waals surface area contributed by atoms with Crippen LogP contribution in [0.4, 0.5) is 0 Å². The first-order valence-electron chi connectivity index (χ1n) is 8.15. The highest BCUT2D eigenvalue weighted by Crippen LogP contribution is 2.29. The van der Waals surface area contributed by atoms with Crippen LogP contribution in [0.25, 0.3) is 27.7 Å². The van der Waals surface area contributed by atoms with Gasteiger partial charge in [0.25, 0.3) is 5.56 Å². The minimum atomic E-state index is -1.01.